The van der Waals surface area contributed by atoms with E-state index < -0.39 is 5.97 Å². The van der Waals surface area contributed by atoms with Crippen molar-refractivity contribution in [1.82, 2.24) is 0 Å². The molecule has 29 heavy (non-hydrogen) atoms. The number of hydrogen-bond donors (Lipinski definition) is 1. The zero-order valence-electron chi connectivity index (χ0n) is 19.3. The Morgan fingerprint density at radius 2 is 1.21 bits per heavy atom. The molecule has 166 valence electrons. The Bertz CT molecular complexity index is 523. The SMILES string of the molecule is CCCCCCCCCCCCCCCCCCC(C)c1cccc(C(=O)O)c1. The smallest absolute Gasteiger partial charge is 0.335 e. The maximum Gasteiger partial charge on any atom is 0.335 e. The predicted octanol–water partition coefficient (Wildman–Crippen LogP) is 9.14. The first kappa shape index (κ1) is 25.7. The van der Waals surface area contributed by atoms with Crippen LogP contribution < -0.4 is 0 Å². The van der Waals surface area contributed by atoms with E-state index in [9.17, 15) is 4.79 Å². The molecule has 2 heteroatoms. The lowest BCUT2D eigenvalue weighted by molar-refractivity contribution is 0.0696. The lowest BCUT2D eigenvalue weighted by Gasteiger charge is -2.12. The topological polar surface area (TPSA) is 37.3 Å². The zero-order valence-corrected chi connectivity index (χ0v) is 19.3. The lowest BCUT2D eigenvalue weighted by atomic mass is 9.93. The Morgan fingerprint density at radius 1 is 0.759 bits per heavy atom. The summed E-state index contributed by atoms with van der Waals surface area (Å²) in [7, 11) is 0. The summed E-state index contributed by atoms with van der Waals surface area (Å²) in [5, 5.41) is 9.12. The van der Waals surface area contributed by atoms with Gasteiger partial charge in [0.05, 0.1) is 5.56 Å². The Labute approximate surface area is 180 Å². The van der Waals surface area contributed by atoms with E-state index >= 15 is 0 Å². The minimum Gasteiger partial charge on any atom is -0.478 e. The summed E-state index contributed by atoms with van der Waals surface area (Å²) < 4.78 is 0. The summed E-state index contributed by atoms with van der Waals surface area (Å²) >= 11 is 0. The van der Waals surface area contributed by atoms with Crippen molar-refractivity contribution < 1.29 is 9.90 Å². The molecule has 0 radical (unpaired) electrons. The lowest BCUT2D eigenvalue weighted by Crippen LogP contribution is -2.00. The van der Waals surface area contributed by atoms with Gasteiger partial charge in [0, 0.05) is 0 Å². The Balaban J connectivity index is 1.89. The molecule has 0 aliphatic carbocycles. The fourth-order valence-corrected chi connectivity index (χ4v) is 4.14. The highest BCUT2D eigenvalue weighted by Gasteiger charge is 2.08. The molecule has 0 aromatic heterocycles. The number of rotatable bonds is 19. The summed E-state index contributed by atoms with van der Waals surface area (Å²) in [6, 6.07) is 7.43. The summed E-state index contributed by atoms with van der Waals surface area (Å²) in [4.78, 5) is 11.1. The van der Waals surface area contributed by atoms with Gasteiger partial charge in [0.25, 0.3) is 0 Å². The first-order valence-corrected chi connectivity index (χ1v) is 12.5. The summed E-state index contributed by atoms with van der Waals surface area (Å²) in [6.45, 7) is 4.50. The molecule has 0 spiro atoms. The number of unbranched alkanes of at least 4 members (excludes halogenated alkanes) is 15. The van der Waals surface area contributed by atoms with Crippen molar-refractivity contribution >= 4 is 5.97 Å². The third kappa shape index (κ3) is 13.5. The van der Waals surface area contributed by atoms with Gasteiger partial charge in [0.1, 0.15) is 0 Å². The van der Waals surface area contributed by atoms with Crippen LogP contribution in [0.3, 0.4) is 0 Å². The van der Waals surface area contributed by atoms with Gasteiger partial charge in [-0.2, -0.15) is 0 Å². The van der Waals surface area contributed by atoms with Gasteiger partial charge in [0.15, 0.2) is 0 Å². The molecule has 0 aliphatic rings. The second kappa shape index (κ2) is 17.5. The predicted molar refractivity (Wildman–Crippen MR) is 126 cm³/mol. The van der Waals surface area contributed by atoms with Gasteiger partial charge in [0.2, 0.25) is 0 Å². The Kier molecular flexibility index (Phi) is 15.6. The normalized spacial score (nSPS) is 12.2. The molecule has 1 rings (SSSR count). The van der Waals surface area contributed by atoms with Gasteiger partial charge in [-0.1, -0.05) is 129 Å². The highest BCUT2D eigenvalue weighted by Crippen LogP contribution is 2.23. The van der Waals surface area contributed by atoms with Crippen LogP contribution in [0.5, 0.6) is 0 Å². The molecule has 0 amide bonds. The van der Waals surface area contributed by atoms with Crippen LogP contribution in [0.2, 0.25) is 0 Å². The molecule has 0 saturated heterocycles. The van der Waals surface area contributed by atoms with Gasteiger partial charge in [-0.3, -0.25) is 0 Å². The van der Waals surface area contributed by atoms with Crippen LogP contribution in [0, 0.1) is 0 Å². The highest BCUT2D eigenvalue weighted by atomic mass is 16.4. The molecule has 0 heterocycles. The van der Waals surface area contributed by atoms with Gasteiger partial charge in [-0.05, 0) is 30.0 Å². The molecule has 0 aliphatic heterocycles. The van der Waals surface area contributed by atoms with E-state index in [1.54, 1.807) is 6.07 Å². The molecule has 1 atom stereocenters. The van der Waals surface area contributed by atoms with E-state index in [4.69, 9.17) is 5.11 Å². The number of carboxylic acid groups (broad SMARTS) is 1. The van der Waals surface area contributed by atoms with E-state index in [0.717, 1.165) is 12.0 Å². The number of carboxylic acids is 1. The van der Waals surface area contributed by atoms with Crippen LogP contribution in [0.25, 0.3) is 0 Å². The number of carbonyl (C=O) groups is 1. The minimum absolute atomic E-state index is 0.404. The molecule has 1 N–H and O–H groups in total. The molecular formula is C27H46O2. The zero-order chi connectivity index (χ0) is 21.2. The van der Waals surface area contributed by atoms with E-state index in [1.807, 2.05) is 12.1 Å². The van der Waals surface area contributed by atoms with Crippen molar-refractivity contribution in [2.24, 2.45) is 0 Å². The maximum absolute atomic E-state index is 11.1. The second-order valence-corrected chi connectivity index (χ2v) is 8.92. The van der Waals surface area contributed by atoms with Crippen LogP contribution in [0.1, 0.15) is 145 Å². The molecule has 1 unspecified atom stereocenters. The first-order valence-electron chi connectivity index (χ1n) is 12.5. The van der Waals surface area contributed by atoms with Crippen molar-refractivity contribution in [2.75, 3.05) is 0 Å². The standard InChI is InChI=1S/C27H46O2/c1-3-4-5-6-7-8-9-10-11-12-13-14-15-16-17-18-20-24(2)25-21-19-22-26(23-25)27(28)29/h19,21-24H,3-18,20H2,1-2H3,(H,28,29). The highest BCUT2D eigenvalue weighted by molar-refractivity contribution is 5.87. The van der Waals surface area contributed by atoms with E-state index in [2.05, 4.69) is 19.9 Å². The monoisotopic (exact) mass is 402 g/mol. The molecule has 1 aromatic rings. The van der Waals surface area contributed by atoms with E-state index in [-0.39, 0.29) is 0 Å². The summed E-state index contributed by atoms with van der Waals surface area (Å²) in [5.41, 5.74) is 1.56. The average molecular weight is 403 g/mol. The second-order valence-electron chi connectivity index (χ2n) is 8.92. The Hall–Kier alpha value is -1.31. The summed E-state index contributed by atoms with van der Waals surface area (Å²) in [5.74, 6) is -0.387. The van der Waals surface area contributed by atoms with Crippen molar-refractivity contribution in [2.45, 2.75) is 129 Å². The van der Waals surface area contributed by atoms with Crippen LogP contribution >= 0.6 is 0 Å². The molecule has 0 saturated carbocycles. The average Bonchev–Trinajstić information content (AvgIpc) is 2.73. The van der Waals surface area contributed by atoms with Crippen molar-refractivity contribution in [3.63, 3.8) is 0 Å². The molecule has 0 fully saturated rings. The van der Waals surface area contributed by atoms with Crippen molar-refractivity contribution in [3.8, 4) is 0 Å². The fraction of sp³-hybridized carbons (Fsp3) is 0.741. The van der Waals surface area contributed by atoms with Gasteiger partial charge < -0.3 is 5.11 Å². The van der Waals surface area contributed by atoms with Gasteiger partial charge in [-0.25, -0.2) is 4.79 Å². The van der Waals surface area contributed by atoms with Crippen LogP contribution in [0.4, 0.5) is 0 Å². The molecule has 2 nitrogen and oxygen atoms in total. The number of aromatic carboxylic acids is 1. The maximum atomic E-state index is 11.1. The first-order chi connectivity index (χ1) is 14.1. The third-order valence-electron chi connectivity index (χ3n) is 6.19. The summed E-state index contributed by atoms with van der Waals surface area (Å²) in [6.07, 6.45) is 23.5. The van der Waals surface area contributed by atoms with Crippen LogP contribution in [0.15, 0.2) is 24.3 Å². The van der Waals surface area contributed by atoms with Crippen LogP contribution in [-0.4, -0.2) is 11.1 Å². The van der Waals surface area contributed by atoms with Crippen LogP contribution in [-0.2, 0) is 0 Å². The van der Waals surface area contributed by atoms with Gasteiger partial charge >= 0.3 is 5.97 Å². The number of hydrogen-bond acceptors (Lipinski definition) is 1. The van der Waals surface area contributed by atoms with E-state index in [1.165, 1.54) is 103 Å². The van der Waals surface area contributed by atoms with Crippen molar-refractivity contribution in [3.05, 3.63) is 35.4 Å². The quantitative estimate of drug-likeness (QED) is 0.234. The molecular weight excluding hydrogens is 356 g/mol. The molecule has 1 aromatic carbocycles. The Morgan fingerprint density at radius 3 is 1.66 bits per heavy atom. The van der Waals surface area contributed by atoms with E-state index in [0.29, 0.717) is 11.5 Å². The largest absolute Gasteiger partial charge is 0.478 e. The number of benzene rings is 1. The minimum atomic E-state index is -0.832. The fourth-order valence-electron chi connectivity index (χ4n) is 4.14. The van der Waals surface area contributed by atoms with Gasteiger partial charge in [-0.15, -0.1) is 0 Å². The third-order valence-corrected chi connectivity index (χ3v) is 6.19. The van der Waals surface area contributed by atoms with Crippen molar-refractivity contribution in [1.29, 1.82) is 0 Å². The molecule has 0 bridgehead atoms.